The first kappa shape index (κ1) is 19.2. The number of benzene rings is 1. The van der Waals surface area contributed by atoms with Gasteiger partial charge in [-0.05, 0) is 43.9 Å². The molecule has 0 aliphatic carbocycles. The summed E-state index contributed by atoms with van der Waals surface area (Å²) in [4.78, 5) is 13.6. The van der Waals surface area contributed by atoms with E-state index in [-0.39, 0.29) is 18.6 Å². The lowest BCUT2D eigenvalue weighted by molar-refractivity contribution is -0.118. The van der Waals surface area contributed by atoms with Gasteiger partial charge in [0.05, 0.1) is 12.1 Å². The normalized spacial score (nSPS) is 24.5. The van der Waals surface area contributed by atoms with Crippen molar-refractivity contribution in [1.29, 1.82) is 0 Å². The second-order valence-electron chi connectivity index (χ2n) is 8.07. The lowest BCUT2D eigenvalue weighted by Gasteiger charge is -2.39. The van der Waals surface area contributed by atoms with Gasteiger partial charge in [0.25, 0.3) is 0 Å². The van der Waals surface area contributed by atoms with Gasteiger partial charge < -0.3 is 29.8 Å². The minimum atomic E-state index is -0.707. The predicted molar refractivity (Wildman–Crippen MR) is 106 cm³/mol. The molecule has 1 atom stereocenters. The van der Waals surface area contributed by atoms with Crippen LogP contribution in [0.1, 0.15) is 25.7 Å². The number of β-amino-alcohol motifs (C(OH)–C–C–N with tert-alkyl or cyclic N) is 1. The highest BCUT2D eigenvalue weighted by atomic mass is 16.5. The van der Waals surface area contributed by atoms with Crippen LogP contribution in [0.2, 0.25) is 0 Å². The summed E-state index contributed by atoms with van der Waals surface area (Å²) < 4.78 is 13.6. The molecule has 2 saturated heterocycles. The molecule has 0 spiro atoms. The summed E-state index contributed by atoms with van der Waals surface area (Å²) in [6, 6.07) is 7.87. The van der Waals surface area contributed by atoms with Gasteiger partial charge in [-0.1, -0.05) is 6.07 Å². The van der Waals surface area contributed by atoms with Crippen LogP contribution in [0, 0.1) is 0 Å². The number of fused-ring (bicyclic) bond motifs is 1. The zero-order valence-corrected chi connectivity index (χ0v) is 16.2. The summed E-state index contributed by atoms with van der Waals surface area (Å²) >= 11 is 0. The molecule has 2 fully saturated rings. The molecule has 0 bridgehead atoms. The average molecular weight is 387 g/mol. The van der Waals surface area contributed by atoms with E-state index in [1.54, 1.807) is 0 Å². The molecule has 3 N–H and O–H groups in total. The summed E-state index contributed by atoms with van der Waals surface area (Å²) in [5, 5.41) is 11.7. The van der Waals surface area contributed by atoms with Gasteiger partial charge in [-0.3, -0.25) is 4.79 Å². The zero-order chi connectivity index (χ0) is 19.6. The molecule has 7 nitrogen and oxygen atoms in total. The van der Waals surface area contributed by atoms with Crippen LogP contribution in [0.4, 0.5) is 0 Å². The number of hydrogen-bond acceptors (Lipinski definition) is 5. The Morgan fingerprint density at radius 2 is 2.14 bits per heavy atom. The highest BCUT2D eigenvalue weighted by molar-refractivity contribution is 5.87. The first-order chi connectivity index (χ1) is 13.5. The van der Waals surface area contributed by atoms with Crippen molar-refractivity contribution in [3.63, 3.8) is 0 Å². The van der Waals surface area contributed by atoms with Gasteiger partial charge >= 0.3 is 0 Å². The highest BCUT2D eigenvalue weighted by Gasteiger charge is 2.33. The number of likely N-dealkylation sites (tertiary alicyclic amines) is 1. The van der Waals surface area contributed by atoms with E-state index in [0.717, 1.165) is 62.0 Å². The molecular weight excluding hydrogens is 358 g/mol. The van der Waals surface area contributed by atoms with E-state index in [9.17, 15) is 9.90 Å². The van der Waals surface area contributed by atoms with Gasteiger partial charge in [-0.25, -0.2) is 0 Å². The fourth-order valence-corrected chi connectivity index (χ4v) is 4.35. The number of ether oxygens (including phenoxy) is 2. The Balaban J connectivity index is 1.36. The van der Waals surface area contributed by atoms with Crippen LogP contribution < -0.4 is 10.5 Å². The second-order valence-corrected chi connectivity index (χ2v) is 8.07. The molecule has 0 saturated carbocycles. The van der Waals surface area contributed by atoms with Crippen LogP contribution in [-0.2, 0) is 16.1 Å². The third-order valence-corrected chi connectivity index (χ3v) is 5.75. The number of nitrogens with two attached hydrogens (primary N) is 1. The monoisotopic (exact) mass is 387 g/mol. The summed E-state index contributed by atoms with van der Waals surface area (Å²) in [6.45, 7) is 3.85. The van der Waals surface area contributed by atoms with E-state index in [4.69, 9.17) is 15.2 Å². The fraction of sp³-hybridized carbons (Fsp3) is 0.571. The van der Waals surface area contributed by atoms with E-state index < -0.39 is 5.60 Å². The third kappa shape index (κ3) is 4.32. The van der Waals surface area contributed by atoms with E-state index >= 15 is 0 Å². The third-order valence-electron chi connectivity index (χ3n) is 5.75. The first-order valence-corrected chi connectivity index (χ1v) is 10.1. The summed E-state index contributed by atoms with van der Waals surface area (Å²) in [7, 11) is 0. The van der Waals surface area contributed by atoms with Gasteiger partial charge in [-0.2, -0.15) is 0 Å². The van der Waals surface area contributed by atoms with Crippen LogP contribution in [0.3, 0.4) is 0 Å². The van der Waals surface area contributed by atoms with Crippen LogP contribution in [0.15, 0.2) is 30.5 Å². The molecule has 152 valence electrons. The molecule has 1 aromatic carbocycles. The topological polar surface area (TPSA) is 90.0 Å². The zero-order valence-electron chi connectivity index (χ0n) is 16.2. The quantitative estimate of drug-likeness (QED) is 0.784. The first-order valence-electron chi connectivity index (χ1n) is 10.1. The van der Waals surface area contributed by atoms with Gasteiger partial charge in [0.2, 0.25) is 5.91 Å². The number of nitrogens with zero attached hydrogens (tertiary/aromatic N) is 2. The SMILES string of the molecule is NC(=O)Cn1ccc2c(OC3CCN(CC4(O)CCCOC4)CC3)cccc21. The Kier molecular flexibility index (Phi) is 5.57. The fourth-order valence-electron chi connectivity index (χ4n) is 4.35. The van der Waals surface area contributed by atoms with E-state index in [2.05, 4.69) is 4.90 Å². The Morgan fingerprint density at radius 1 is 1.32 bits per heavy atom. The molecule has 3 heterocycles. The lowest BCUT2D eigenvalue weighted by Crippen LogP contribution is -2.51. The van der Waals surface area contributed by atoms with Crippen molar-refractivity contribution < 1.29 is 19.4 Å². The number of hydrogen-bond donors (Lipinski definition) is 2. The maximum absolute atomic E-state index is 11.2. The molecule has 2 aliphatic rings. The van der Waals surface area contributed by atoms with Crippen LogP contribution in [0.5, 0.6) is 5.75 Å². The van der Waals surface area contributed by atoms with Crippen molar-refractivity contribution in [3.8, 4) is 5.75 Å². The molecule has 28 heavy (non-hydrogen) atoms. The summed E-state index contributed by atoms with van der Waals surface area (Å²) in [5.74, 6) is 0.486. The van der Waals surface area contributed by atoms with Gasteiger partial charge in [-0.15, -0.1) is 0 Å². The number of aromatic nitrogens is 1. The van der Waals surface area contributed by atoms with Crippen LogP contribution in [0.25, 0.3) is 10.9 Å². The van der Waals surface area contributed by atoms with Crippen molar-refractivity contribution in [2.24, 2.45) is 5.73 Å². The molecule has 1 aromatic heterocycles. The van der Waals surface area contributed by atoms with Crippen molar-refractivity contribution >= 4 is 16.8 Å². The molecule has 4 rings (SSSR count). The maximum atomic E-state index is 11.2. The lowest BCUT2D eigenvalue weighted by atomic mass is 9.95. The molecule has 2 aromatic rings. The molecule has 0 radical (unpaired) electrons. The van der Waals surface area contributed by atoms with Crippen molar-refractivity contribution in [2.75, 3.05) is 32.8 Å². The molecule has 7 heteroatoms. The van der Waals surface area contributed by atoms with Crippen molar-refractivity contribution in [3.05, 3.63) is 30.5 Å². The van der Waals surface area contributed by atoms with Gasteiger partial charge in [0, 0.05) is 37.8 Å². The standard InChI is InChI=1S/C21H29N3O4/c22-20(25)13-24-11-7-17-18(24)3-1-4-19(17)28-16-5-9-23(10-6-16)14-21(26)8-2-12-27-15-21/h1,3-4,7,11,16,26H,2,5-6,8-10,12-15H2,(H2,22,25). The second kappa shape index (κ2) is 8.11. The summed E-state index contributed by atoms with van der Waals surface area (Å²) in [5.41, 5.74) is 5.57. The van der Waals surface area contributed by atoms with E-state index in [1.807, 2.05) is 35.0 Å². The number of amides is 1. The molecule has 1 amide bonds. The average Bonchev–Trinajstić information content (AvgIpc) is 3.07. The highest BCUT2D eigenvalue weighted by Crippen LogP contribution is 2.30. The van der Waals surface area contributed by atoms with Crippen molar-refractivity contribution in [1.82, 2.24) is 9.47 Å². The van der Waals surface area contributed by atoms with Crippen LogP contribution >= 0.6 is 0 Å². The Labute approximate surface area is 165 Å². The Hall–Kier alpha value is -2.09. The molecule has 2 aliphatic heterocycles. The van der Waals surface area contributed by atoms with E-state index in [0.29, 0.717) is 13.2 Å². The Morgan fingerprint density at radius 3 is 2.86 bits per heavy atom. The predicted octanol–water partition coefficient (Wildman–Crippen LogP) is 1.51. The Bertz CT molecular complexity index is 820. The van der Waals surface area contributed by atoms with Gasteiger partial charge in [0.15, 0.2) is 0 Å². The maximum Gasteiger partial charge on any atom is 0.237 e. The van der Waals surface area contributed by atoms with Crippen LogP contribution in [-0.4, -0.2) is 65.0 Å². The minimum Gasteiger partial charge on any atom is -0.490 e. The minimum absolute atomic E-state index is 0.151. The number of aliphatic hydroxyl groups is 1. The largest absolute Gasteiger partial charge is 0.490 e. The molecular formula is C21H29N3O4. The summed E-state index contributed by atoms with van der Waals surface area (Å²) in [6.07, 6.45) is 5.62. The number of piperidine rings is 1. The number of carbonyl (C=O) groups excluding carboxylic acids is 1. The van der Waals surface area contributed by atoms with Crippen molar-refractivity contribution in [2.45, 2.75) is 43.9 Å². The number of carbonyl (C=O) groups is 1. The molecule has 1 unspecified atom stereocenters. The number of rotatable bonds is 6. The van der Waals surface area contributed by atoms with E-state index in [1.165, 1.54) is 0 Å². The van der Waals surface area contributed by atoms with Gasteiger partial charge in [0.1, 0.15) is 24.0 Å². The smallest absolute Gasteiger partial charge is 0.237 e. The number of primary amides is 1.